The molecule has 0 saturated carbocycles. The molecule has 160 valence electrons. The zero-order chi connectivity index (χ0) is 19.9. The first-order valence-corrected chi connectivity index (χ1v) is 10.5. The third kappa shape index (κ3) is 5.87. The topological polar surface area (TPSA) is 57.5 Å². The number of anilines is 1. The van der Waals surface area contributed by atoms with E-state index < -0.39 is 0 Å². The Labute approximate surface area is 192 Å². The Balaban J connectivity index is 0.00000300. The second-order valence-electron chi connectivity index (χ2n) is 7.31. The van der Waals surface area contributed by atoms with Gasteiger partial charge < -0.3 is 15.5 Å². The zero-order valence-electron chi connectivity index (χ0n) is 18.1. The highest BCUT2D eigenvalue weighted by Gasteiger charge is 2.23. The summed E-state index contributed by atoms with van der Waals surface area (Å²) in [6.07, 6.45) is 3.04. The summed E-state index contributed by atoms with van der Waals surface area (Å²) in [4.78, 5) is 7.34. The summed E-state index contributed by atoms with van der Waals surface area (Å²) in [5, 5.41) is 11.7. The molecule has 1 aliphatic rings. The van der Waals surface area contributed by atoms with Crippen molar-refractivity contribution in [3.05, 3.63) is 47.3 Å². The van der Waals surface area contributed by atoms with Crippen LogP contribution in [0.5, 0.6) is 0 Å². The van der Waals surface area contributed by atoms with E-state index in [-0.39, 0.29) is 24.0 Å². The van der Waals surface area contributed by atoms with Gasteiger partial charge in [0.15, 0.2) is 5.96 Å². The molecule has 1 aromatic heterocycles. The fraction of sp³-hybridized carbons (Fsp3) is 0.545. The van der Waals surface area contributed by atoms with Crippen molar-refractivity contribution in [2.24, 2.45) is 12.0 Å². The number of hydrogen-bond donors (Lipinski definition) is 2. The lowest BCUT2D eigenvalue weighted by Crippen LogP contribution is -2.44. The Hall–Kier alpha value is -1.77. The number of aryl methyl sites for hydroxylation is 2. The molecule has 2 aromatic rings. The van der Waals surface area contributed by atoms with Gasteiger partial charge in [-0.25, -0.2) is 4.99 Å². The molecule has 0 bridgehead atoms. The van der Waals surface area contributed by atoms with E-state index in [4.69, 9.17) is 4.99 Å². The van der Waals surface area contributed by atoms with Crippen LogP contribution in [0.4, 0.5) is 5.69 Å². The number of aromatic nitrogens is 2. The predicted molar refractivity (Wildman–Crippen MR) is 132 cm³/mol. The Kier molecular flexibility index (Phi) is 9.26. The van der Waals surface area contributed by atoms with Gasteiger partial charge >= 0.3 is 0 Å². The smallest absolute Gasteiger partial charge is 0.191 e. The first kappa shape index (κ1) is 23.5. The largest absolute Gasteiger partial charge is 0.369 e. The van der Waals surface area contributed by atoms with E-state index in [2.05, 4.69) is 71.7 Å². The number of guanidine groups is 1. The van der Waals surface area contributed by atoms with E-state index in [1.165, 1.54) is 16.9 Å². The maximum Gasteiger partial charge on any atom is 0.191 e. The van der Waals surface area contributed by atoms with E-state index in [1.54, 1.807) is 0 Å². The summed E-state index contributed by atoms with van der Waals surface area (Å²) >= 11 is 0. The van der Waals surface area contributed by atoms with Crippen molar-refractivity contribution in [3.63, 3.8) is 0 Å². The minimum Gasteiger partial charge on any atom is -0.369 e. The zero-order valence-corrected chi connectivity index (χ0v) is 20.4. The molecular weight excluding hydrogens is 475 g/mol. The molecule has 1 fully saturated rings. The molecule has 1 saturated heterocycles. The van der Waals surface area contributed by atoms with Gasteiger partial charge in [0.25, 0.3) is 0 Å². The fourth-order valence-corrected chi connectivity index (χ4v) is 4.00. The molecule has 1 aliphatic heterocycles. The minimum atomic E-state index is 0. The lowest BCUT2D eigenvalue weighted by molar-refractivity contribution is 0.649. The maximum atomic E-state index is 4.90. The number of halogens is 1. The van der Waals surface area contributed by atoms with Crippen LogP contribution in [-0.2, 0) is 26.4 Å². The van der Waals surface area contributed by atoms with Gasteiger partial charge in [-0.2, -0.15) is 5.10 Å². The summed E-state index contributed by atoms with van der Waals surface area (Å²) in [7, 11) is 2.03. The molecule has 1 atom stereocenters. The van der Waals surface area contributed by atoms with Crippen LogP contribution in [0.3, 0.4) is 0 Å². The highest BCUT2D eigenvalue weighted by atomic mass is 127. The highest BCUT2D eigenvalue weighted by Crippen LogP contribution is 2.20. The Morgan fingerprint density at radius 1 is 1.17 bits per heavy atom. The van der Waals surface area contributed by atoms with Gasteiger partial charge in [-0.1, -0.05) is 32.0 Å². The van der Waals surface area contributed by atoms with E-state index in [1.807, 2.05) is 11.7 Å². The minimum absolute atomic E-state index is 0. The highest BCUT2D eigenvalue weighted by molar-refractivity contribution is 14.0. The molecule has 0 spiro atoms. The Morgan fingerprint density at radius 3 is 2.59 bits per heavy atom. The number of para-hydroxylation sites is 1. The van der Waals surface area contributed by atoms with Gasteiger partial charge in [0.1, 0.15) is 0 Å². The summed E-state index contributed by atoms with van der Waals surface area (Å²) in [6.45, 7) is 10.1. The molecule has 0 aliphatic carbocycles. The average molecular weight is 510 g/mol. The molecule has 6 nitrogen and oxygen atoms in total. The van der Waals surface area contributed by atoms with E-state index in [9.17, 15) is 0 Å². The lowest BCUT2D eigenvalue weighted by atomic mass is 10.1. The van der Waals surface area contributed by atoms with Gasteiger partial charge in [-0.3, -0.25) is 4.68 Å². The van der Waals surface area contributed by atoms with Crippen LogP contribution in [0.1, 0.15) is 44.1 Å². The summed E-state index contributed by atoms with van der Waals surface area (Å²) in [5.41, 5.74) is 5.02. The molecule has 3 rings (SSSR count). The second-order valence-corrected chi connectivity index (χ2v) is 7.31. The molecule has 0 amide bonds. The first-order valence-electron chi connectivity index (χ1n) is 10.5. The third-order valence-electron chi connectivity index (χ3n) is 5.42. The molecule has 7 heteroatoms. The molecule has 0 radical (unpaired) electrons. The quantitative estimate of drug-likeness (QED) is 0.340. The van der Waals surface area contributed by atoms with Crippen molar-refractivity contribution in [2.45, 2.75) is 52.6 Å². The summed E-state index contributed by atoms with van der Waals surface area (Å²) < 4.78 is 2.01. The van der Waals surface area contributed by atoms with Crippen molar-refractivity contribution >= 4 is 35.6 Å². The number of aliphatic imine (C=N–C) groups is 1. The first-order chi connectivity index (χ1) is 13.7. The molecule has 1 aromatic carbocycles. The van der Waals surface area contributed by atoms with Gasteiger partial charge in [0.2, 0.25) is 0 Å². The van der Waals surface area contributed by atoms with Crippen LogP contribution < -0.4 is 15.5 Å². The van der Waals surface area contributed by atoms with Gasteiger partial charge in [-0.05, 0) is 38.3 Å². The Bertz CT molecular complexity index is 786. The third-order valence-corrected chi connectivity index (χ3v) is 5.42. The number of rotatable bonds is 7. The standard InChI is InChI=1S/C22H34N6.HI/c1-5-20-19(21(6-2)27(4)26-20)15-24-22(23-7-3)25-17-13-14-28(16-17)18-11-9-8-10-12-18;/h8-12,17H,5-7,13-16H2,1-4H3,(H2,23,24,25);1H. The van der Waals surface area contributed by atoms with Crippen LogP contribution in [0, 0.1) is 0 Å². The monoisotopic (exact) mass is 510 g/mol. The van der Waals surface area contributed by atoms with Crippen LogP contribution >= 0.6 is 24.0 Å². The summed E-state index contributed by atoms with van der Waals surface area (Å²) in [6, 6.07) is 11.0. The number of nitrogens with one attached hydrogen (secondary N) is 2. The van der Waals surface area contributed by atoms with Crippen LogP contribution in [-0.4, -0.2) is 41.4 Å². The molecule has 1 unspecified atom stereocenters. The number of benzene rings is 1. The van der Waals surface area contributed by atoms with E-state index in [0.717, 1.165) is 50.6 Å². The van der Waals surface area contributed by atoms with Gasteiger partial charge in [0.05, 0.1) is 12.2 Å². The molecule has 29 heavy (non-hydrogen) atoms. The average Bonchev–Trinajstić information content (AvgIpc) is 3.30. The Morgan fingerprint density at radius 2 is 1.93 bits per heavy atom. The van der Waals surface area contributed by atoms with E-state index in [0.29, 0.717) is 12.6 Å². The number of nitrogens with zero attached hydrogens (tertiary/aromatic N) is 4. The predicted octanol–water partition coefficient (Wildman–Crippen LogP) is 3.50. The van der Waals surface area contributed by atoms with Crippen molar-refractivity contribution in [3.8, 4) is 0 Å². The van der Waals surface area contributed by atoms with Crippen LogP contribution in [0.15, 0.2) is 35.3 Å². The van der Waals surface area contributed by atoms with Crippen LogP contribution in [0.25, 0.3) is 0 Å². The van der Waals surface area contributed by atoms with Crippen molar-refractivity contribution in [1.82, 2.24) is 20.4 Å². The normalized spacial score (nSPS) is 16.6. The van der Waals surface area contributed by atoms with Gasteiger partial charge in [0, 0.05) is 49.7 Å². The SMILES string of the molecule is CCNC(=NCc1c(CC)nn(C)c1CC)NC1CCN(c2ccccc2)C1.I. The van der Waals surface area contributed by atoms with Crippen molar-refractivity contribution in [1.29, 1.82) is 0 Å². The number of hydrogen-bond acceptors (Lipinski definition) is 3. The van der Waals surface area contributed by atoms with Crippen molar-refractivity contribution in [2.75, 3.05) is 24.5 Å². The molecular formula is C22H35IN6. The van der Waals surface area contributed by atoms with Crippen LogP contribution in [0.2, 0.25) is 0 Å². The van der Waals surface area contributed by atoms with Crippen molar-refractivity contribution < 1.29 is 0 Å². The molecule has 2 heterocycles. The summed E-state index contributed by atoms with van der Waals surface area (Å²) in [5.74, 6) is 0.898. The maximum absolute atomic E-state index is 4.90. The van der Waals surface area contributed by atoms with Gasteiger partial charge in [-0.15, -0.1) is 24.0 Å². The fourth-order valence-electron chi connectivity index (χ4n) is 4.00. The lowest BCUT2D eigenvalue weighted by Gasteiger charge is -2.20. The molecule has 2 N–H and O–H groups in total. The van der Waals surface area contributed by atoms with E-state index >= 15 is 0 Å². The second kappa shape index (κ2) is 11.4.